The number of hydrogen-bond donors (Lipinski definition) is 0. The van der Waals surface area contributed by atoms with Crippen molar-refractivity contribution >= 4 is 28.3 Å². The van der Waals surface area contributed by atoms with Crippen LogP contribution < -0.4 is 10.3 Å². The highest BCUT2D eigenvalue weighted by atomic mass is 16.6. The molecular formula is C30H37N3O5. The first-order valence-corrected chi connectivity index (χ1v) is 13.1. The first-order chi connectivity index (χ1) is 18.0. The first kappa shape index (κ1) is 27.4. The van der Waals surface area contributed by atoms with Gasteiger partial charge in [-0.2, -0.15) is 0 Å². The van der Waals surface area contributed by atoms with E-state index in [0.29, 0.717) is 55.3 Å². The van der Waals surface area contributed by atoms with Crippen molar-refractivity contribution in [3.63, 3.8) is 0 Å². The number of piperazine rings is 1. The van der Waals surface area contributed by atoms with E-state index in [2.05, 4.69) is 4.90 Å². The fourth-order valence-electron chi connectivity index (χ4n) is 4.28. The van der Waals surface area contributed by atoms with Gasteiger partial charge in [0.25, 0.3) is 0 Å². The molecule has 0 aliphatic carbocycles. The number of Topliss-reactive ketones (excluding diaryl/α,β-unsaturated/α-hetero) is 1. The molecule has 0 spiro atoms. The Hall–Kier alpha value is -3.65. The average molecular weight is 520 g/mol. The van der Waals surface area contributed by atoms with Gasteiger partial charge in [0, 0.05) is 37.1 Å². The summed E-state index contributed by atoms with van der Waals surface area (Å²) in [6.07, 6.45) is -0.327. The maximum Gasteiger partial charge on any atom is 0.410 e. The van der Waals surface area contributed by atoms with Crippen LogP contribution in [-0.2, 0) is 11.3 Å². The summed E-state index contributed by atoms with van der Waals surface area (Å²) in [6, 6.07) is 15.2. The molecule has 0 radical (unpaired) electrons. The predicted molar refractivity (Wildman–Crippen MR) is 147 cm³/mol. The normalized spacial score (nSPS) is 15.2. The van der Waals surface area contributed by atoms with Crippen molar-refractivity contribution in [1.82, 2.24) is 9.80 Å². The van der Waals surface area contributed by atoms with Gasteiger partial charge in [0.15, 0.2) is 5.78 Å². The van der Waals surface area contributed by atoms with Gasteiger partial charge >= 0.3 is 6.09 Å². The highest BCUT2D eigenvalue weighted by molar-refractivity contribution is 5.95. The van der Waals surface area contributed by atoms with E-state index in [9.17, 15) is 9.59 Å². The van der Waals surface area contributed by atoms with Gasteiger partial charge in [-0.25, -0.2) is 9.79 Å². The third-order valence-corrected chi connectivity index (χ3v) is 6.09. The number of ketones is 1. The fourth-order valence-corrected chi connectivity index (χ4v) is 4.28. The van der Waals surface area contributed by atoms with E-state index < -0.39 is 5.60 Å². The molecule has 0 bridgehead atoms. The highest BCUT2D eigenvalue weighted by Crippen LogP contribution is 2.30. The minimum Gasteiger partial charge on any atom is -0.489 e. The molecule has 0 saturated carbocycles. The van der Waals surface area contributed by atoms with Gasteiger partial charge in [-0.3, -0.25) is 9.69 Å². The molecule has 0 unspecified atom stereocenters. The Morgan fingerprint density at radius 2 is 1.74 bits per heavy atom. The van der Waals surface area contributed by atoms with Crippen molar-refractivity contribution in [2.75, 3.05) is 26.2 Å². The van der Waals surface area contributed by atoms with E-state index in [1.807, 2.05) is 65.0 Å². The lowest BCUT2D eigenvalue weighted by Gasteiger charge is -2.35. The lowest BCUT2D eigenvalue weighted by molar-refractivity contribution is 0.0133. The molecule has 38 heavy (non-hydrogen) atoms. The Bertz CT molecular complexity index is 1380. The summed E-state index contributed by atoms with van der Waals surface area (Å²) in [4.78, 5) is 33.3. The molecule has 3 aromatic rings. The van der Waals surface area contributed by atoms with Gasteiger partial charge in [0.1, 0.15) is 22.8 Å². The van der Waals surface area contributed by atoms with Gasteiger partial charge in [-0.1, -0.05) is 18.2 Å². The predicted octanol–water partition coefficient (Wildman–Crippen LogP) is 5.71. The molecule has 1 saturated heterocycles. The number of nitrogens with zero attached hydrogens (tertiary/aromatic N) is 3. The van der Waals surface area contributed by atoms with Crippen LogP contribution in [0.1, 0.15) is 57.7 Å². The maximum atomic E-state index is 12.4. The molecule has 1 amide bonds. The number of fused-ring (bicyclic) bond motifs is 1. The van der Waals surface area contributed by atoms with Gasteiger partial charge in [-0.15, -0.1) is 0 Å². The smallest absolute Gasteiger partial charge is 0.410 e. The number of amides is 1. The van der Waals surface area contributed by atoms with Crippen LogP contribution in [0.5, 0.6) is 5.75 Å². The quantitative estimate of drug-likeness (QED) is 0.388. The lowest BCUT2D eigenvalue weighted by Crippen LogP contribution is -2.49. The minimum absolute atomic E-state index is 0.0429. The fraction of sp³-hybridized carbons (Fsp3) is 0.433. The van der Waals surface area contributed by atoms with Crippen molar-refractivity contribution < 1.29 is 23.5 Å². The van der Waals surface area contributed by atoms with Crippen LogP contribution in [0.2, 0.25) is 0 Å². The van der Waals surface area contributed by atoms with Crippen LogP contribution in [0.3, 0.4) is 0 Å². The van der Waals surface area contributed by atoms with Crippen LogP contribution in [0.25, 0.3) is 10.8 Å². The molecule has 8 heteroatoms. The van der Waals surface area contributed by atoms with Crippen molar-refractivity contribution in [1.29, 1.82) is 0 Å². The zero-order valence-corrected chi connectivity index (χ0v) is 23.1. The molecule has 1 fully saturated rings. The Kier molecular flexibility index (Phi) is 8.21. The minimum atomic E-state index is -0.512. The van der Waals surface area contributed by atoms with Gasteiger partial charge < -0.3 is 18.8 Å². The molecule has 1 aromatic heterocycles. The summed E-state index contributed by atoms with van der Waals surface area (Å²) in [5.41, 5.74) is 1.05. The van der Waals surface area contributed by atoms with Crippen molar-refractivity contribution in [2.45, 2.75) is 59.8 Å². The maximum absolute atomic E-state index is 12.4. The van der Waals surface area contributed by atoms with Crippen molar-refractivity contribution in [2.24, 2.45) is 4.99 Å². The number of benzene rings is 2. The average Bonchev–Trinajstić information content (AvgIpc) is 2.84. The van der Waals surface area contributed by atoms with Crippen molar-refractivity contribution in [3.05, 3.63) is 65.4 Å². The number of rotatable bonds is 6. The summed E-state index contributed by atoms with van der Waals surface area (Å²) in [5.74, 6) is 1.31. The number of carbonyl (C=O) groups excluding carboxylic acids is 2. The van der Waals surface area contributed by atoms with Crippen LogP contribution in [-0.4, -0.2) is 59.6 Å². The summed E-state index contributed by atoms with van der Waals surface area (Å²) < 4.78 is 17.8. The molecule has 0 atom stereocenters. The van der Waals surface area contributed by atoms with E-state index in [4.69, 9.17) is 18.9 Å². The first-order valence-electron chi connectivity index (χ1n) is 13.1. The van der Waals surface area contributed by atoms with Crippen LogP contribution in [0.15, 0.2) is 57.9 Å². The van der Waals surface area contributed by atoms with E-state index >= 15 is 0 Å². The zero-order valence-electron chi connectivity index (χ0n) is 23.1. The second-order valence-electron chi connectivity index (χ2n) is 10.9. The number of ether oxygens (including phenoxy) is 2. The van der Waals surface area contributed by atoms with Gasteiger partial charge in [0.05, 0.1) is 12.6 Å². The number of carbonyl (C=O) groups is 2. The largest absolute Gasteiger partial charge is 0.489 e. The molecule has 2 aromatic carbocycles. The second kappa shape index (κ2) is 11.4. The molecule has 1 aliphatic rings. The monoisotopic (exact) mass is 519 g/mol. The molecule has 8 nitrogen and oxygen atoms in total. The number of hydrogen-bond acceptors (Lipinski definition) is 7. The molecule has 1 aliphatic heterocycles. The molecular weight excluding hydrogens is 482 g/mol. The molecule has 0 N–H and O–H groups in total. The van der Waals surface area contributed by atoms with E-state index in [0.717, 1.165) is 16.5 Å². The van der Waals surface area contributed by atoms with Gasteiger partial charge in [0.2, 0.25) is 5.55 Å². The molecule has 4 rings (SSSR count). The summed E-state index contributed by atoms with van der Waals surface area (Å²) in [7, 11) is 0. The lowest BCUT2D eigenvalue weighted by atomic mass is 10.1. The van der Waals surface area contributed by atoms with E-state index in [1.54, 1.807) is 23.1 Å². The highest BCUT2D eigenvalue weighted by Gasteiger charge is 2.26. The third kappa shape index (κ3) is 7.01. The molecule has 202 valence electrons. The second-order valence-corrected chi connectivity index (χ2v) is 10.9. The Morgan fingerprint density at radius 3 is 2.39 bits per heavy atom. The van der Waals surface area contributed by atoms with Crippen LogP contribution in [0, 0.1) is 0 Å². The van der Waals surface area contributed by atoms with E-state index in [-0.39, 0.29) is 18.0 Å². The summed E-state index contributed by atoms with van der Waals surface area (Å²) in [6.45, 7) is 14.2. The van der Waals surface area contributed by atoms with Gasteiger partial charge in [-0.05, 0) is 77.3 Å². The summed E-state index contributed by atoms with van der Waals surface area (Å²) >= 11 is 0. The topological polar surface area (TPSA) is 84.6 Å². The van der Waals surface area contributed by atoms with Crippen LogP contribution >= 0.6 is 0 Å². The zero-order chi connectivity index (χ0) is 27.4. The molecule has 2 heterocycles. The third-order valence-electron chi connectivity index (χ3n) is 6.09. The van der Waals surface area contributed by atoms with Crippen molar-refractivity contribution in [3.8, 4) is 5.75 Å². The van der Waals surface area contributed by atoms with E-state index in [1.165, 1.54) is 6.92 Å². The Balaban J connectivity index is 1.63. The SMILES string of the molecule is CC(=O)c1ccc(OC(C)C)c(/N=c2\oc(CN3CCN(C(=O)OC(C)(C)C)CC3)cc3ccccc23)c1. The Labute approximate surface area is 223 Å². The standard InChI is InChI=1S/C30H37N3O5/c1-20(2)36-27-12-11-22(21(3)34)18-26(27)31-28-25-10-8-7-9-23(25)17-24(37-28)19-32-13-15-33(16-14-32)29(35)38-30(4,5)6/h7-12,17-18,20H,13-16,19H2,1-6H3/b31-28-. The summed E-state index contributed by atoms with van der Waals surface area (Å²) in [5, 5.41) is 1.88. The Morgan fingerprint density at radius 1 is 1.03 bits per heavy atom. The van der Waals surface area contributed by atoms with Crippen LogP contribution in [0.4, 0.5) is 10.5 Å².